The van der Waals surface area contributed by atoms with E-state index in [9.17, 15) is 4.57 Å². The Labute approximate surface area is 97.2 Å². The Morgan fingerprint density at radius 3 is 2.44 bits per heavy atom. The highest BCUT2D eigenvalue weighted by molar-refractivity contribution is 7.57. The van der Waals surface area contributed by atoms with Crippen molar-refractivity contribution in [2.24, 2.45) is 0 Å². The van der Waals surface area contributed by atoms with Gasteiger partial charge in [0.15, 0.2) is 0 Å². The maximum atomic E-state index is 11.9. The summed E-state index contributed by atoms with van der Waals surface area (Å²) in [5, 5.41) is 0. The zero-order valence-corrected chi connectivity index (χ0v) is 10.9. The molecule has 1 rings (SSSR count). The van der Waals surface area contributed by atoms with Crippen LogP contribution in [0.25, 0.3) is 0 Å². The molecule has 0 fully saturated rings. The molecule has 0 aromatic heterocycles. The second-order valence-corrected chi connectivity index (χ2v) is 6.66. The van der Waals surface area contributed by atoms with Crippen LogP contribution in [0.3, 0.4) is 0 Å². The van der Waals surface area contributed by atoms with Gasteiger partial charge >= 0.3 is 0 Å². The zero-order valence-electron chi connectivity index (χ0n) is 10.1. The Morgan fingerprint density at radius 2 is 1.88 bits per heavy atom. The van der Waals surface area contributed by atoms with Crippen molar-refractivity contribution in [2.45, 2.75) is 26.6 Å². The van der Waals surface area contributed by atoms with Crippen LogP contribution in [0.4, 0.5) is 0 Å². The lowest BCUT2D eigenvalue weighted by molar-refractivity contribution is 0.105. The number of hydrogen-bond acceptors (Lipinski definition) is 3. The lowest BCUT2D eigenvalue weighted by Gasteiger charge is -2.15. The molecule has 0 radical (unpaired) electrons. The minimum Gasteiger partial charge on any atom is -0.369 e. The summed E-state index contributed by atoms with van der Waals surface area (Å²) in [5.41, 5.74) is 1.02. The Balaban J connectivity index is 2.39. The first-order chi connectivity index (χ1) is 7.49. The maximum Gasteiger partial charge on any atom is 0.225 e. The lowest BCUT2D eigenvalue weighted by Crippen LogP contribution is -2.05. The number of ether oxygens (including phenoxy) is 1. The standard InChI is InChI=1S/C12H19O3P/c1-11(2)14-10-16(3,13)15-9-12-7-5-4-6-8-12/h4-8,11H,9-10H2,1-3H3. The Kier molecular flexibility index (Phi) is 5.20. The van der Waals surface area contributed by atoms with Crippen molar-refractivity contribution in [1.29, 1.82) is 0 Å². The first-order valence-electron chi connectivity index (χ1n) is 5.36. The van der Waals surface area contributed by atoms with Gasteiger partial charge in [-0.1, -0.05) is 30.3 Å². The summed E-state index contributed by atoms with van der Waals surface area (Å²) < 4.78 is 22.6. The highest BCUT2D eigenvalue weighted by Gasteiger charge is 2.16. The first-order valence-corrected chi connectivity index (χ1v) is 7.62. The van der Waals surface area contributed by atoms with Crippen LogP contribution in [0, 0.1) is 0 Å². The molecule has 3 nitrogen and oxygen atoms in total. The molecular formula is C12H19O3P. The van der Waals surface area contributed by atoms with Gasteiger partial charge in [-0.25, -0.2) is 0 Å². The van der Waals surface area contributed by atoms with Crippen LogP contribution in [-0.2, 0) is 20.4 Å². The molecule has 1 unspecified atom stereocenters. The van der Waals surface area contributed by atoms with Crippen molar-refractivity contribution in [2.75, 3.05) is 13.0 Å². The van der Waals surface area contributed by atoms with Crippen LogP contribution in [0.1, 0.15) is 19.4 Å². The fourth-order valence-electron chi connectivity index (χ4n) is 1.11. The predicted octanol–water partition coefficient (Wildman–Crippen LogP) is 3.49. The molecule has 1 aromatic rings. The summed E-state index contributed by atoms with van der Waals surface area (Å²) in [5.74, 6) is 0. The SMILES string of the molecule is CC(C)OCP(C)(=O)OCc1ccccc1. The summed E-state index contributed by atoms with van der Waals surface area (Å²) in [4.78, 5) is 0. The van der Waals surface area contributed by atoms with Gasteiger partial charge in [-0.15, -0.1) is 0 Å². The van der Waals surface area contributed by atoms with Crippen molar-refractivity contribution in [3.05, 3.63) is 35.9 Å². The fraction of sp³-hybridized carbons (Fsp3) is 0.500. The van der Waals surface area contributed by atoms with Gasteiger partial charge in [0.2, 0.25) is 7.37 Å². The molecule has 0 spiro atoms. The summed E-state index contributed by atoms with van der Waals surface area (Å²) in [6, 6.07) is 9.71. The molecule has 16 heavy (non-hydrogen) atoms. The molecule has 0 saturated carbocycles. The van der Waals surface area contributed by atoms with Crippen LogP contribution in [-0.4, -0.2) is 19.1 Å². The third-order valence-corrected chi connectivity index (χ3v) is 3.28. The van der Waals surface area contributed by atoms with Gasteiger partial charge < -0.3 is 9.26 Å². The first kappa shape index (κ1) is 13.4. The van der Waals surface area contributed by atoms with E-state index in [-0.39, 0.29) is 12.5 Å². The van der Waals surface area contributed by atoms with Crippen LogP contribution >= 0.6 is 7.37 Å². The highest BCUT2D eigenvalue weighted by Crippen LogP contribution is 2.43. The van der Waals surface area contributed by atoms with Crippen LogP contribution < -0.4 is 0 Å². The van der Waals surface area contributed by atoms with Gasteiger partial charge in [0.1, 0.15) is 6.35 Å². The molecule has 90 valence electrons. The molecule has 1 aromatic carbocycles. The van der Waals surface area contributed by atoms with E-state index in [2.05, 4.69) is 0 Å². The van der Waals surface area contributed by atoms with E-state index < -0.39 is 7.37 Å². The van der Waals surface area contributed by atoms with Gasteiger partial charge in [0.25, 0.3) is 0 Å². The average molecular weight is 242 g/mol. The molecule has 0 saturated heterocycles. The smallest absolute Gasteiger partial charge is 0.225 e. The molecule has 0 aliphatic carbocycles. The van der Waals surface area contributed by atoms with E-state index >= 15 is 0 Å². The minimum atomic E-state index is -2.63. The largest absolute Gasteiger partial charge is 0.369 e. The van der Waals surface area contributed by atoms with E-state index in [4.69, 9.17) is 9.26 Å². The van der Waals surface area contributed by atoms with Gasteiger partial charge in [0.05, 0.1) is 12.7 Å². The van der Waals surface area contributed by atoms with Crippen molar-refractivity contribution in [3.63, 3.8) is 0 Å². The highest BCUT2D eigenvalue weighted by atomic mass is 31.2. The molecule has 0 amide bonds. The topological polar surface area (TPSA) is 35.5 Å². The summed E-state index contributed by atoms with van der Waals surface area (Å²) >= 11 is 0. The predicted molar refractivity (Wildman–Crippen MR) is 65.8 cm³/mol. The normalized spacial score (nSPS) is 15.0. The lowest BCUT2D eigenvalue weighted by atomic mass is 10.2. The second-order valence-electron chi connectivity index (χ2n) is 4.12. The summed E-state index contributed by atoms with van der Waals surface area (Å²) in [6.45, 7) is 5.81. The Hall–Kier alpha value is -0.630. The third kappa shape index (κ3) is 5.45. The van der Waals surface area contributed by atoms with Crippen LogP contribution in [0.5, 0.6) is 0 Å². The molecule has 0 N–H and O–H groups in total. The van der Waals surface area contributed by atoms with E-state index in [1.54, 1.807) is 6.66 Å². The molecular weight excluding hydrogens is 223 g/mol. The van der Waals surface area contributed by atoms with Crippen molar-refractivity contribution >= 4 is 7.37 Å². The van der Waals surface area contributed by atoms with E-state index in [1.165, 1.54) is 0 Å². The third-order valence-electron chi connectivity index (χ3n) is 1.99. The molecule has 0 aliphatic heterocycles. The molecule has 0 heterocycles. The van der Waals surface area contributed by atoms with Gasteiger partial charge in [0, 0.05) is 6.66 Å². The Morgan fingerprint density at radius 1 is 1.25 bits per heavy atom. The fourth-order valence-corrected chi connectivity index (χ4v) is 2.17. The van der Waals surface area contributed by atoms with E-state index in [1.807, 2.05) is 44.2 Å². The summed E-state index contributed by atoms with van der Waals surface area (Å²) in [6.07, 6.45) is 0.255. The van der Waals surface area contributed by atoms with Gasteiger partial charge in [-0.05, 0) is 19.4 Å². The molecule has 4 heteroatoms. The molecule has 0 aliphatic rings. The van der Waals surface area contributed by atoms with Crippen LogP contribution in [0.15, 0.2) is 30.3 Å². The van der Waals surface area contributed by atoms with E-state index in [0.717, 1.165) is 5.56 Å². The quantitative estimate of drug-likeness (QED) is 0.716. The van der Waals surface area contributed by atoms with Gasteiger partial charge in [-0.2, -0.15) is 0 Å². The van der Waals surface area contributed by atoms with Crippen LogP contribution in [0.2, 0.25) is 0 Å². The molecule has 0 bridgehead atoms. The van der Waals surface area contributed by atoms with Crippen molar-refractivity contribution < 1.29 is 13.8 Å². The van der Waals surface area contributed by atoms with Crippen molar-refractivity contribution in [1.82, 2.24) is 0 Å². The summed E-state index contributed by atoms with van der Waals surface area (Å²) in [7, 11) is -2.63. The Bertz CT molecular complexity index is 349. The molecule has 1 atom stereocenters. The second kappa shape index (κ2) is 6.19. The average Bonchev–Trinajstić information content (AvgIpc) is 2.26. The number of rotatable bonds is 6. The zero-order chi connectivity index (χ0) is 12.0. The monoisotopic (exact) mass is 242 g/mol. The van der Waals surface area contributed by atoms with E-state index in [0.29, 0.717) is 6.61 Å². The maximum absolute atomic E-state index is 11.9. The number of hydrogen-bond donors (Lipinski definition) is 0. The van der Waals surface area contributed by atoms with Crippen molar-refractivity contribution in [3.8, 4) is 0 Å². The number of benzene rings is 1. The van der Waals surface area contributed by atoms with Gasteiger partial charge in [-0.3, -0.25) is 4.57 Å². The minimum absolute atomic E-state index is 0.0774.